The van der Waals surface area contributed by atoms with Gasteiger partial charge in [-0.25, -0.2) is 0 Å². The van der Waals surface area contributed by atoms with Crippen LogP contribution >= 0.6 is 11.8 Å². The van der Waals surface area contributed by atoms with Gasteiger partial charge in [-0.05, 0) is 48.9 Å². The summed E-state index contributed by atoms with van der Waals surface area (Å²) in [6, 6.07) is 9.20. The summed E-state index contributed by atoms with van der Waals surface area (Å²) in [5.74, 6) is 0.0830. The third-order valence-corrected chi connectivity index (χ3v) is 5.80. The highest BCUT2D eigenvalue weighted by molar-refractivity contribution is 8.18. The zero-order valence-corrected chi connectivity index (χ0v) is 16.6. The number of amides is 3. The van der Waals surface area contributed by atoms with E-state index in [0.717, 1.165) is 29.5 Å². The topological polar surface area (TPSA) is 114 Å². The second-order valence-electron chi connectivity index (χ2n) is 6.86. The highest BCUT2D eigenvalue weighted by atomic mass is 32.2. The van der Waals surface area contributed by atoms with Gasteiger partial charge in [-0.15, -0.1) is 0 Å². The second-order valence-corrected chi connectivity index (χ2v) is 7.85. The molecule has 0 bridgehead atoms. The molecule has 154 valence electrons. The number of nitrogens with zero attached hydrogens (tertiary/aromatic N) is 3. The summed E-state index contributed by atoms with van der Waals surface area (Å²) in [7, 11) is 0. The van der Waals surface area contributed by atoms with Crippen molar-refractivity contribution in [1.82, 2.24) is 9.80 Å². The first-order valence-corrected chi connectivity index (χ1v) is 10.1. The van der Waals surface area contributed by atoms with E-state index in [2.05, 4.69) is 0 Å². The Bertz CT molecular complexity index is 1050. The predicted molar refractivity (Wildman–Crippen MR) is 109 cm³/mol. The lowest BCUT2D eigenvalue weighted by Gasteiger charge is -2.18. The van der Waals surface area contributed by atoms with E-state index in [-0.39, 0.29) is 23.0 Å². The van der Waals surface area contributed by atoms with Gasteiger partial charge in [-0.2, -0.15) is 0 Å². The van der Waals surface area contributed by atoms with Crippen LogP contribution in [-0.2, 0) is 9.59 Å². The number of imide groups is 1. The molecule has 0 radical (unpaired) electrons. The molecule has 0 N–H and O–H groups in total. The molecule has 2 aliphatic rings. The molecule has 0 aliphatic carbocycles. The molecule has 2 saturated heterocycles. The van der Waals surface area contributed by atoms with Gasteiger partial charge >= 0.3 is 0 Å². The largest absolute Gasteiger partial charge is 0.457 e. The summed E-state index contributed by atoms with van der Waals surface area (Å²) < 4.78 is 5.70. The van der Waals surface area contributed by atoms with Crippen molar-refractivity contribution >= 4 is 40.6 Å². The Morgan fingerprint density at radius 3 is 2.50 bits per heavy atom. The zero-order chi connectivity index (χ0) is 21.3. The van der Waals surface area contributed by atoms with Crippen LogP contribution in [0.15, 0.2) is 45.7 Å². The van der Waals surface area contributed by atoms with E-state index in [1.165, 1.54) is 18.2 Å². The lowest BCUT2D eigenvalue weighted by molar-refractivity contribution is -0.384. The van der Waals surface area contributed by atoms with Crippen molar-refractivity contribution in [3.63, 3.8) is 0 Å². The Morgan fingerprint density at radius 2 is 1.83 bits per heavy atom. The number of thioether (sulfide) groups is 1. The molecule has 2 fully saturated rings. The fourth-order valence-corrected chi connectivity index (χ4v) is 4.12. The highest BCUT2D eigenvalue weighted by Gasteiger charge is 2.37. The number of carbonyl (C=O) groups excluding carboxylic acids is 3. The van der Waals surface area contributed by atoms with Crippen molar-refractivity contribution < 1.29 is 23.7 Å². The van der Waals surface area contributed by atoms with Crippen LogP contribution in [0.3, 0.4) is 0 Å². The first-order valence-electron chi connectivity index (χ1n) is 9.30. The lowest BCUT2D eigenvalue weighted by atomic mass is 10.1. The summed E-state index contributed by atoms with van der Waals surface area (Å²) in [6.45, 7) is 1.06. The minimum Gasteiger partial charge on any atom is -0.457 e. The molecule has 0 atom stereocenters. The average molecular weight is 427 g/mol. The quantitative estimate of drug-likeness (QED) is 0.407. The van der Waals surface area contributed by atoms with Gasteiger partial charge in [0.05, 0.1) is 9.83 Å². The fraction of sp³-hybridized carbons (Fsp3) is 0.250. The van der Waals surface area contributed by atoms with Crippen LogP contribution in [0.1, 0.15) is 18.6 Å². The van der Waals surface area contributed by atoms with Crippen molar-refractivity contribution in [2.45, 2.75) is 12.8 Å². The summed E-state index contributed by atoms with van der Waals surface area (Å²) in [6.07, 6.45) is 3.33. The smallest absolute Gasteiger partial charge is 0.294 e. The number of nitro benzene ring substituents is 1. The van der Waals surface area contributed by atoms with Gasteiger partial charge < -0.3 is 9.32 Å². The van der Waals surface area contributed by atoms with Crippen LogP contribution in [0.5, 0.6) is 0 Å². The van der Waals surface area contributed by atoms with Crippen LogP contribution < -0.4 is 0 Å². The maximum Gasteiger partial charge on any atom is 0.294 e. The normalized spacial score (nSPS) is 17.9. The molecule has 3 heterocycles. The van der Waals surface area contributed by atoms with E-state index in [1.807, 2.05) is 0 Å². The summed E-state index contributed by atoms with van der Waals surface area (Å²) >= 11 is 0.764. The van der Waals surface area contributed by atoms with Gasteiger partial charge in [-0.1, -0.05) is 0 Å². The van der Waals surface area contributed by atoms with Crippen LogP contribution in [0.2, 0.25) is 0 Å². The standard InChI is InChI=1S/C20H17N3O6S/c24-18(21-9-1-2-10-21)12-22-19(25)17(30-20(22)26)11-15-7-8-16(29-15)13-3-5-14(6-4-13)23(27)28/h3-8,11H,1-2,9-10,12H2/b17-11-. The van der Waals surface area contributed by atoms with Crippen LogP contribution in [-0.4, -0.2) is 51.4 Å². The van der Waals surface area contributed by atoms with Gasteiger partial charge in [0, 0.05) is 36.9 Å². The molecule has 4 rings (SSSR count). The molecule has 0 saturated carbocycles. The van der Waals surface area contributed by atoms with E-state index in [4.69, 9.17) is 4.42 Å². The summed E-state index contributed by atoms with van der Waals surface area (Å²) in [5.41, 5.74) is 0.618. The Hall–Kier alpha value is -3.40. The molecule has 2 aliphatic heterocycles. The van der Waals surface area contributed by atoms with Crippen LogP contribution in [0, 0.1) is 10.1 Å². The Labute approximate surface area is 175 Å². The van der Waals surface area contributed by atoms with Gasteiger partial charge in [0.25, 0.3) is 16.8 Å². The third-order valence-electron chi connectivity index (χ3n) is 4.89. The molecule has 1 aromatic carbocycles. The lowest BCUT2D eigenvalue weighted by Crippen LogP contribution is -2.40. The van der Waals surface area contributed by atoms with E-state index in [1.54, 1.807) is 29.2 Å². The van der Waals surface area contributed by atoms with Crippen LogP contribution in [0.25, 0.3) is 17.4 Å². The van der Waals surface area contributed by atoms with Crippen molar-refractivity contribution in [2.75, 3.05) is 19.6 Å². The number of rotatable bonds is 5. The predicted octanol–water partition coefficient (Wildman–Crippen LogP) is 3.51. The summed E-state index contributed by atoms with van der Waals surface area (Å²) in [5, 5.41) is 10.3. The van der Waals surface area contributed by atoms with Crippen molar-refractivity contribution in [3.8, 4) is 11.3 Å². The SMILES string of the molecule is O=C(CN1C(=O)S/C(=C\c2ccc(-c3ccc([N+](=O)[O-])cc3)o2)C1=O)N1CCCC1. The number of likely N-dealkylation sites (tertiary alicyclic amines) is 1. The number of furan rings is 1. The van der Waals surface area contributed by atoms with Crippen molar-refractivity contribution in [2.24, 2.45) is 0 Å². The molecule has 3 amide bonds. The number of benzene rings is 1. The second kappa shape index (κ2) is 8.15. The van der Waals surface area contributed by atoms with E-state index in [9.17, 15) is 24.5 Å². The first kappa shape index (κ1) is 19.9. The highest BCUT2D eigenvalue weighted by Crippen LogP contribution is 2.33. The third kappa shape index (κ3) is 3.99. The van der Waals surface area contributed by atoms with E-state index < -0.39 is 16.1 Å². The van der Waals surface area contributed by atoms with Gasteiger partial charge in [0.15, 0.2) is 0 Å². The zero-order valence-electron chi connectivity index (χ0n) is 15.8. The van der Waals surface area contributed by atoms with Crippen LogP contribution in [0.4, 0.5) is 10.5 Å². The van der Waals surface area contributed by atoms with E-state index in [0.29, 0.717) is 30.2 Å². The molecule has 9 nitrogen and oxygen atoms in total. The minimum atomic E-state index is -0.522. The number of hydrogen-bond acceptors (Lipinski definition) is 7. The fourth-order valence-electron chi connectivity index (χ4n) is 3.30. The molecule has 0 spiro atoms. The number of non-ortho nitro benzene ring substituents is 1. The van der Waals surface area contributed by atoms with E-state index >= 15 is 0 Å². The molecule has 30 heavy (non-hydrogen) atoms. The number of carbonyl (C=O) groups is 3. The molecule has 2 aromatic rings. The molecule has 1 aromatic heterocycles. The molecular weight excluding hydrogens is 410 g/mol. The number of hydrogen-bond donors (Lipinski definition) is 0. The number of nitro groups is 1. The first-order chi connectivity index (χ1) is 14.4. The maximum atomic E-state index is 12.6. The van der Waals surface area contributed by atoms with Gasteiger partial charge in [0.1, 0.15) is 18.1 Å². The molecule has 0 unspecified atom stereocenters. The van der Waals surface area contributed by atoms with Crippen molar-refractivity contribution in [1.29, 1.82) is 0 Å². The molecular formula is C20H17N3O6S. The minimum absolute atomic E-state index is 0.0253. The van der Waals surface area contributed by atoms with Gasteiger partial charge in [0.2, 0.25) is 5.91 Å². The monoisotopic (exact) mass is 427 g/mol. The Balaban J connectivity index is 1.47. The Morgan fingerprint density at radius 1 is 1.13 bits per heavy atom. The summed E-state index contributed by atoms with van der Waals surface area (Å²) in [4.78, 5) is 50.2. The van der Waals surface area contributed by atoms with Crippen molar-refractivity contribution in [3.05, 3.63) is 57.2 Å². The van der Waals surface area contributed by atoms with Gasteiger partial charge in [-0.3, -0.25) is 29.4 Å². The molecule has 10 heteroatoms. The maximum absolute atomic E-state index is 12.6. The Kier molecular flexibility index (Phi) is 5.40. The average Bonchev–Trinajstić information content (AvgIpc) is 3.47.